The molecular weight excluding hydrogens is 166 g/mol. The van der Waals surface area contributed by atoms with Gasteiger partial charge in [0.15, 0.2) is 0 Å². The lowest BCUT2D eigenvalue weighted by Gasteiger charge is -2.14. The molecule has 1 aliphatic rings. The summed E-state index contributed by atoms with van der Waals surface area (Å²) in [4.78, 5) is 0. The van der Waals surface area contributed by atoms with E-state index in [-0.39, 0.29) is 0 Å². The summed E-state index contributed by atoms with van der Waals surface area (Å²) in [5.74, 6) is 1.88. The predicted octanol–water partition coefficient (Wildman–Crippen LogP) is 2.60. The Morgan fingerprint density at radius 1 is 1.00 bits per heavy atom. The van der Waals surface area contributed by atoms with E-state index in [1.165, 1.54) is 44.9 Å². The van der Waals surface area contributed by atoms with Crippen molar-refractivity contribution in [2.45, 2.75) is 51.0 Å². The summed E-state index contributed by atoms with van der Waals surface area (Å²) >= 11 is 4.37. The first kappa shape index (κ1) is 10.4. The van der Waals surface area contributed by atoms with E-state index in [0.29, 0.717) is 6.04 Å². The Kier molecular flexibility index (Phi) is 5.08. The van der Waals surface area contributed by atoms with E-state index in [9.17, 15) is 0 Å². The van der Waals surface area contributed by atoms with E-state index in [0.717, 1.165) is 11.7 Å². The zero-order chi connectivity index (χ0) is 8.81. The standard InChI is InChI=1S/C10H21NS/c11-10-5-3-1-2-4-9(8-12)6-7-10/h9-10,12H,1-8,11H2. The minimum atomic E-state index is 0.463. The summed E-state index contributed by atoms with van der Waals surface area (Å²) in [5.41, 5.74) is 5.97. The van der Waals surface area contributed by atoms with Gasteiger partial charge in [0, 0.05) is 6.04 Å². The van der Waals surface area contributed by atoms with E-state index >= 15 is 0 Å². The van der Waals surface area contributed by atoms with Gasteiger partial charge < -0.3 is 5.73 Å². The highest BCUT2D eigenvalue weighted by molar-refractivity contribution is 7.80. The van der Waals surface area contributed by atoms with Gasteiger partial charge in [-0.25, -0.2) is 0 Å². The van der Waals surface area contributed by atoms with Gasteiger partial charge in [-0.2, -0.15) is 12.6 Å². The molecule has 0 saturated heterocycles. The average Bonchev–Trinajstić information content (AvgIpc) is 2.17. The summed E-state index contributed by atoms with van der Waals surface area (Å²) in [6, 6.07) is 0.463. The molecule has 1 rings (SSSR count). The predicted molar refractivity (Wildman–Crippen MR) is 57.6 cm³/mol. The molecule has 2 heteroatoms. The van der Waals surface area contributed by atoms with E-state index in [1.54, 1.807) is 0 Å². The van der Waals surface area contributed by atoms with Crippen LogP contribution < -0.4 is 5.73 Å². The first-order valence-corrected chi connectivity index (χ1v) is 5.82. The molecule has 12 heavy (non-hydrogen) atoms. The Labute approximate surface area is 81.5 Å². The first-order valence-electron chi connectivity index (χ1n) is 5.19. The maximum Gasteiger partial charge on any atom is 0.00389 e. The minimum absolute atomic E-state index is 0.463. The molecule has 2 unspecified atom stereocenters. The molecule has 1 nitrogen and oxygen atoms in total. The van der Waals surface area contributed by atoms with Crippen LogP contribution in [0.3, 0.4) is 0 Å². The van der Waals surface area contributed by atoms with Gasteiger partial charge in [-0.15, -0.1) is 0 Å². The zero-order valence-electron chi connectivity index (χ0n) is 7.84. The molecular formula is C10H21NS. The van der Waals surface area contributed by atoms with Gasteiger partial charge in [-0.1, -0.05) is 19.3 Å². The van der Waals surface area contributed by atoms with Gasteiger partial charge >= 0.3 is 0 Å². The van der Waals surface area contributed by atoms with Gasteiger partial charge in [0.05, 0.1) is 0 Å². The van der Waals surface area contributed by atoms with Crippen LogP contribution in [0.1, 0.15) is 44.9 Å². The largest absolute Gasteiger partial charge is 0.328 e. The second-order valence-electron chi connectivity index (χ2n) is 4.02. The fourth-order valence-electron chi connectivity index (χ4n) is 1.94. The van der Waals surface area contributed by atoms with Crippen molar-refractivity contribution >= 4 is 12.6 Å². The normalized spacial score (nSPS) is 33.5. The number of hydrogen-bond acceptors (Lipinski definition) is 2. The minimum Gasteiger partial charge on any atom is -0.328 e. The molecule has 0 spiro atoms. The van der Waals surface area contributed by atoms with Crippen molar-refractivity contribution in [1.29, 1.82) is 0 Å². The number of rotatable bonds is 1. The molecule has 0 aromatic rings. The fourth-order valence-corrected chi connectivity index (χ4v) is 2.30. The molecule has 2 N–H and O–H groups in total. The Balaban J connectivity index is 2.29. The van der Waals surface area contributed by atoms with Crippen molar-refractivity contribution in [1.82, 2.24) is 0 Å². The van der Waals surface area contributed by atoms with Crippen molar-refractivity contribution in [3.8, 4) is 0 Å². The Bertz CT molecular complexity index is 116. The number of thiol groups is 1. The molecule has 72 valence electrons. The molecule has 0 radical (unpaired) electrons. The number of nitrogens with two attached hydrogens (primary N) is 1. The Morgan fingerprint density at radius 2 is 1.75 bits per heavy atom. The van der Waals surface area contributed by atoms with Crippen LogP contribution in [0, 0.1) is 5.92 Å². The van der Waals surface area contributed by atoms with E-state index < -0.39 is 0 Å². The quantitative estimate of drug-likeness (QED) is 0.606. The zero-order valence-corrected chi connectivity index (χ0v) is 8.73. The fraction of sp³-hybridized carbons (Fsp3) is 1.00. The molecule has 1 aliphatic carbocycles. The van der Waals surface area contributed by atoms with E-state index in [4.69, 9.17) is 5.73 Å². The summed E-state index contributed by atoms with van der Waals surface area (Å²) in [5, 5.41) is 0. The van der Waals surface area contributed by atoms with Gasteiger partial charge in [0.1, 0.15) is 0 Å². The summed E-state index contributed by atoms with van der Waals surface area (Å²) < 4.78 is 0. The molecule has 0 amide bonds. The molecule has 0 aromatic carbocycles. The van der Waals surface area contributed by atoms with Crippen molar-refractivity contribution in [3.05, 3.63) is 0 Å². The van der Waals surface area contributed by atoms with Crippen molar-refractivity contribution in [2.75, 3.05) is 5.75 Å². The van der Waals surface area contributed by atoms with Crippen LogP contribution in [0.15, 0.2) is 0 Å². The SMILES string of the molecule is NC1CCCCCC(CS)CC1. The second-order valence-corrected chi connectivity index (χ2v) is 4.39. The molecule has 0 aromatic heterocycles. The Morgan fingerprint density at radius 3 is 2.50 bits per heavy atom. The molecule has 2 atom stereocenters. The van der Waals surface area contributed by atoms with Crippen LogP contribution in [-0.4, -0.2) is 11.8 Å². The summed E-state index contributed by atoms with van der Waals surface area (Å²) in [6.07, 6.45) is 9.21. The van der Waals surface area contributed by atoms with Gasteiger partial charge in [0.25, 0.3) is 0 Å². The van der Waals surface area contributed by atoms with Crippen molar-refractivity contribution in [2.24, 2.45) is 11.7 Å². The third-order valence-electron chi connectivity index (χ3n) is 2.89. The molecule has 1 saturated carbocycles. The molecule has 0 bridgehead atoms. The van der Waals surface area contributed by atoms with Crippen LogP contribution in [0.2, 0.25) is 0 Å². The van der Waals surface area contributed by atoms with Crippen LogP contribution >= 0.6 is 12.6 Å². The van der Waals surface area contributed by atoms with Crippen LogP contribution in [0.25, 0.3) is 0 Å². The van der Waals surface area contributed by atoms with Crippen molar-refractivity contribution in [3.63, 3.8) is 0 Å². The third-order valence-corrected chi connectivity index (χ3v) is 3.41. The van der Waals surface area contributed by atoms with Gasteiger partial charge in [-0.3, -0.25) is 0 Å². The molecule has 0 aliphatic heterocycles. The highest BCUT2D eigenvalue weighted by Crippen LogP contribution is 2.21. The maximum atomic E-state index is 5.97. The van der Waals surface area contributed by atoms with Crippen LogP contribution in [0.4, 0.5) is 0 Å². The Hall–Kier alpha value is 0.310. The average molecular weight is 187 g/mol. The lowest BCUT2D eigenvalue weighted by Crippen LogP contribution is -2.20. The van der Waals surface area contributed by atoms with Gasteiger partial charge in [-0.05, 0) is 37.4 Å². The smallest absolute Gasteiger partial charge is 0.00389 e. The van der Waals surface area contributed by atoms with Crippen LogP contribution in [0.5, 0.6) is 0 Å². The van der Waals surface area contributed by atoms with E-state index in [1.807, 2.05) is 0 Å². The molecule has 0 heterocycles. The second kappa shape index (κ2) is 5.87. The number of hydrogen-bond donors (Lipinski definition) is 2. The summed E-state index contributed by atoms with van der Waals surface area (Å²) in [6.45, 7) is 0. The summed E-state index contributed by atoms with van der Waals surface area (Å²) in [7, 11) is 0. The first-order chi connectivity index (χ1) is 5.83. The maximum absolute atomic E-state index is 5.97. The monoisotopic (exact) mass is 187 g/mol. The van der Waals surface area contributed by atoms with E-state index in [2.05, 4.69) is 12.6 Å². The van der Waals surface area contributed by atoms with Gasteiger partial charge in [0.2, 0.25) is 0 Å². The third kappa shape index (κ3) is 3.81. The lowest BCUT2D eigenvalue weighted by molar-refractivity contribution is 0.455. The van der Waals surface area contributed by atoms with Crippen LogP contribution in [-0.2, 0) is 0 Å². The highest BCUT2D eigenvalue weighted by atomic mass is 32.1. The highest BCUT2D eigenvalue weighted by Gasteiger charge is 2.12. The van der Waals surface area contributed by atoms with Crippen molar-refractivity contribution < 1.29 is 0 Å². The molecule has 1 fully saturated rings. The lowest BCUT2D eigenvalue weighted by atomic mass is 9.98. The topological polar surface area (TPSA) is 26.0 Å².